The number of hydrogen-bond donors (Lipinski definition) is 0. The predicted octanol–water partition coefficient (Wildman–Crippen LogP) is 4.24. The van der Waals surface area contributed by atoms with Gasteiger partial charge < -0.3 is 9.47 Å². The Morgan fingerprint density at radius 1 is 1.07 bits per heavy atom. The number of aromatic nitrogens is 2. The maximum atomic E-state index is 13.2. The first kappa shape index (κ1) is 22.1. The van der Waals surface area contributed by atoms with Gasteiger partial charge in [0.15, 0.2) is 0 Å². The molecule has 1 aromatic heterocycles. The van der Waals surface area contributed by atoms with Crippen LogP contribution in [0.15, 0.2) is 53.6 Å². The third-order valence-electron chi connectivity index (χ3n) is 4.87. The Morgan fingerprint density at radius 2 is 1.73 bits per heavy atom. The molecule has 2 aromatic carbocycles. The van der Waals surface area contributed by atoms with E-state index in [4.69, 9.17) is 21.1 Å². The summed E-state index contributed by atoms with van der Waals surface area (Å²) in [6, 6.07) is 12.0. The van der Waals surface area contributed by atoms with Crippen LogP contribution < -0.4 is 9.47 Å². The minimum Gasteiger partial charge on any atom is -0.496 e. The fourth-order valence-electron chi connectivity index (χ4n) is 3.03. The molecule has 3 rings (SSSR count). The molecule has 0 unspecified atom stereocenters. The Morgan fingerprint density at radius 3 is 2.33 bits per heavy atom. The minimum absolute atomic E-state index is 0.0453. The van der Waals surface area contributed by atoms with E-state index in [1.54, 1.807) is 49.0 Å². The second-order valence-corrected chi connectivity index (χ2v) is 9.27. The molecular formula is C21H24ClN3O4S. The fraction of sp³-hybridized carbons (Fsp3) is 0.286. The highest BCUT2D eigenvalue weighted by molar-refractivity contribution is 7.89. The van der Waals surface area contributed by atoms with Crippen molar-refractivity contribution in [2.75, 3.05) is 21.3 Å². The summed E-state index contributed by atoms with van der Waals surface area (Å²) < 4.78 is 40.4. The van der Waals surface area contributed by atoms with Gasteiger partial charge in [-0.05, 0) is 38.1 Å². The molecule has 0 radical (unpaired) electrons. The van der Waals surface area contributed by atoms with E-state index in [0.29, 0.717) is 27.7 Å². The lowest BCUT2D eigenvalue weighted by Gasteiger charge is -2.23. The number of nitrogens with zero attached hydrogens (tertiary/aromatic N) is 3. The smallest absolute Gasteiger partial charge is 0.246 e. The highest BCUT2D eigenvalue weighted by atomic mass is 35.5. The molecular weight excluding hydrogens is 426 g/mol. The number of hydrogen-bond acceptors (Lipinski definition) is 5. The maximum Gasteiger partial charge on any atom is 0.246 e. The van der Waals surface area contributed by atoms with Crippen molar-refractivity contribution >= 4 is 21.6 Å². The molecule has 0 aliphatic rings. The molecule has 0 aliphatic heterocycles. The normalized spacial score (nSPS) is 11.9. The lowest BCUT2D eigenvalue weighted by molar-refractivity contribution is 0.378. The zero-order valence-electron chi connectivity index (χ0n) is 17.5. The summed E-state index contributed by atoms with van der Waals surface area (Å²) in [6.07, 6.45) is 1.62. The van der Waals surface area contributed by atoms with Crippen LogP contribution in [-0.2, 0) is 10.0 Å². The second kappa shape index (κ2) is 8.67. The Bertz CT molecular complexity index is 1160. The minimum atomic E-state index is -3.81. The summed E-state index contributed by atoms with van der Waals surface area (Å²) in [5.74, 6) is 0.652. The summed E-state index contributed by atoms with van der Waals surface area (Å²) in [5, 5.41) is 4.90. The molecule has 0 fully saturated rings. The van der Waals surface area contributed by atoms with Crippen molar-refractivity contribution in [1.82, 2.24) is 14.1 Å². The summed E-state index contributed by atoms with van der Waals surface area (Å²) >= 11 is 6.36. The SMILES string of the molecule is COc1cc(OC)c(S(=O)(=O)N(C)C(C)C)cc1-c1ccnn1-c1ccccc1Cl. The zero-order valence-corrected chi connectivity index (χ0v) is 19.0. The van der Waals surface area contributed by atoms with Crippen molar-refractivity contribution in [3.8, 4) is 28.4 Å². The highest BCUT2D eigenvalue weighted by Crippen LogP contribution is 2.40. The average Bonchev–Trinajstić information content (AvgIpc) is 3.21. The Kier molecular flexibility index (Phi) is 6.40. The molecule has 7 nitrogen and oxygen atoms in total. The van der Waals surface area contributed by atoms with Gasteiger partial charge in [-0.25, -0.2) is 13.1 Å². The molecule has 30 heavy (non-hydrogen) atoms. The first-order valence-corrected chi connectivity index (χ1v) is 11.1. The topological polar surface area (TPSA) is 73.7 Å². The molecule has 1 heterocycles. The molecule has 0 N–H and O–H groups in total. The lowest BCUT2D eigenvalue weighted by atomic mass is 10.1. The van der Waals surface area contributed by atoms with Crippen LogP contribution >= 0.6 is 11.6 Å². The van der Waals surface area contributed by atoms with Gasteiger partial charge in [0.25, 0.3) is 0 Å². The Balaban J connectivity index is 2.28. The summed E-state index contributed by atoms with van der Waals surface area (Å²) in [7, 11) is 0.675. The van der Waals surface area contributed by atoms with Crippen molar-refractivity contribution in [2.45, 2.75) is 24.8 Å². The van der Waals surface area contributed by atoms with Gasteiger partial charge in [-0.15, -0.1) is 0 Å². The number of halogens is 1. The van der Waals surface area contributed by atoms with Crippen LogP contribution in [0.2, 0.25) is 5.02 Å². The number of sulfonamides is 1. The molecule has 0 saturated carbocycles. The predicted molar refractivity (Wildman–Crippen MR) is 117 cm³/mol. The number of para-hydroxylation sites is 1. The van der Waals surface area contributed by atoms with Gasteiger partial charge in [0.1, 0.15) is 16.4 Å². The Hall–Kier alpha value is -2.55. The molecule has 0 amide bonds. The number of rotatable bonds is 7. The van der Waals surface area contributed by atoms with Crippen molar-refractivity contribution in [1.29, 1.82) is 0 Å². The molecule has 0 bridgehead atoms. The highest BCUT2D eigenvalue weighted by Gasteiger charge is 2.29. The van der Waals surface area contributed by atoms with E-state index < -0.39 is 10.0 Å². The van der Waals surface area contributed by atoms with Crippen LogP contribution in [0.4, 0.5) is 0 Å². The van der Waals surface area contributed by atoms with Crippen molar-refractivity contribution in [3.63, 3.8) is 0 Å². The van der Waals surface area contributed by atoms with Gasteiger partial charge in [-0.1, -0.05) is 23.7 Å². The van der Waals surface area contributed by atoms with Crippen LogP contribution in [0.5, 0.6) is 11.5 Å². The first-order chi connectivity index (χ1) is 14.2. The zero-order chi connectivity index (χ0) is 22.1. The van der Waals surface area contributed by atoms with Crippen LogP contribution in [0.3, 0.4) is 0 Å². The molecule has 0 aliphatic carbocycles. The summed E-state index contributed by atoms with van der Waals surface area (Å²) in [6.45, 7) is 3.61. The molecule has 160 valence electrons. The second-order valence-electron chi connectivity index (χ2n) is 6.90. The van der Waals surface area contributed by atoms with Crippen molar-refractivity contribution in [3.05, 3.63) is 53.7 Å². The molecule has 3 aromatic rings. The molecule has 9 heteroatoms. The monoisotopic (exact) mass is 449 g/mol. The van der Waals surface area contributed by atoms with Gasteiger partial charge in [-0.2, -0.15) is 9.40 Å². The van der Waals surface area contributed by atoms with Gasteiger partial charge >= 0.3 is 0 Å². The van der Waals surface area contributed by atoms with Crippen LogP contribution in [0, 0.1) is 0 Å². The third-order valence-corrected chi connectivity index (χ3v) is 7.24. The van der Waals surface area contributed by atoms with Crippen LogP contribution in [-0.4, -0.2) is 49.8 Å². The fourth-order valence-corrected chi connectivity index (χ4v) is 4.77. The number of methoxy groups -OCH3 is 2. The number of ether oxygens (including phenoxy) is 2. The van der Waals surface area contributed by atoms with Gasteiger partial charge in [0.2, 0.25) is 10.0 Å². The summed E-state index contributed by atoms with van der Waals surface area (Å²) in [4.78, 5) is 0.0453. The van der Waals surface area contributed by atoms with Crippen LogP contribution in [0.1, 0.15) is 13.8 Å². The van der Waals surface area contributed by atoms with E-state index in [1.807, 2.05) is 18.2 Å². The van der Waals surface area contributed by atoms with Crippen LogP contribution in [0.25, 0.3) is 16.9 Å². The van der Waals surface area contributed by atoms with E-state index in [2.05, 4.69) is 5.10 Å². The van der Waals surface area contributed by atoms with Gasteiger partial charge in [0, 0.05) is 24.7 Å². The molecule has 0 atom stereocenters. The van der Waals surface area contributed by atoms with E-state index in [9.17, 15) is 8.42 Å². The van der Waals surface area contributed by atoms with Crippen molar-refractivity contribution < 1.29 is 17.9 Å². The molecule has 0 saturated heterocycles. The summed E-state index contributed by atoms with van der Waals surface area (Å²) in [5.41, 5.74) is 1.85. The Labute approximate surface area is 181 Å². The quantitative estimate of drug-likeness (QED) is 0.539. The third kappa shape index (κ3) is 3.90. The van der Waals surface area contributed by atoms with E-state index in [0.717, 1.165) is 0 Å². The molecule has 0 spiro atoms. The number of benzene rings is 2. The van der Waals surface area contributed by atoms with E-state index in [-0.39, 0.29) is 16.7 Å². The first-order valence-electron chi connectivity index (χ1n) is 9.25. The van der Waals surface area contributed by atoms with Gasteiger partial charge in [0.05, 0.1) is 36.8 Å². The van der Waals surface area contributed by atoms with Gasteiger partial charge in [-0.3, -0.25) is 0 Å². The van der Waals surface area contributed by atoms with E-state index >= 15 is 0 Å². The van der Waals surface area contributed by atoms with Crippen molar-refractivity contribution in [2.24, 2.45) is 0 Å². The average molecular weight is 450 g/mol. The standard InChI is InChI=1S/C21H24ClN3O4S/c1-14(2)24(3)30(26,27)21-12-15(19(28-4)13-20(21)29-5)17-10-11-23-25(17)18-9-7-6-8-16(18)22/h6-14H,1-5H3. The lowest BCUT2D eigenvalue weighted by Crippen LogP contribution is -2.33. The van der Waals surface area contributed by atoms with E-state index in [1.165, 1.54) is 25.6 Å². The maximum absolute atomic E-state index is 13.2. The largest absolute Gasteiger partial charge is 0.496 e.